The molecule has 0 aliphatic carbocycles. The minimum absolute atomic E-state index is 0. The van der Waals surface area contributed by atoms with E-state index in [1.807, 2.05) is 0 Å². The SMILES string of the molecule is C#C.CN(C)C[C@H]1COCCN1.I.[HH]. The van der Waals surface area contributed by atoms with Gasteiger partial charge in [-0.05, 0) is 14.1 Å². The highest BCUT2D eigenvalue weighted by Crippen LogP contribution is 1.93. The van der Waals surface area contributed by atoms with Crippen molar-refractivity contribution in [2.45, 2.75) is 6.04 Å². The molecule has 0 aromatic carbocycles. The summed E-state index contributed by atoms with van der Waals surface area (Å²) in [6.07, 6.45) is 8.00. The lowest BCUT2D eigenvalue weighted by molar-refractivity contribution is 0.0680. The smallest absolute Gasteiger partial charge is 0.0632 e. The average molecular weight is 300 g/mol. The third-order valence-corrected chi connectivity index (χ3v) is 1.58. The van der Waals surface area contributed by atoms with E-state index in [0.29, 0.717) is 6.04 Å². The first-order valence-electron chi connectivity index (χ1n) is 4.08. The van der Waals surface area contributed by atoms with Gasteiger partial charge in [0.2, 0.25) is 0 Å². The molecule has 1 atom stereocenters. The Morgan fingerprint density at radius 2 is 2.15 bits per heavy atom. The number of rotatable bonds is 2. The van der Waals surface area contributed by atoms with Crippen LogP contribution in [0.25, 0.3) is 0 Å². The van der Waals surface area contributed by atoms with Crippen molar-refractivity contribution in [3.05, 3.63) is 0 Å². The second kappa shape index (κ2) is 10.3. The number of likely N-dealkylation sites (N-methyl/N-ethyl adjacent to an activating group) is 1. The van der Waals surface area contributed by atoms with Crippen LogP contribution in [0.1, 0.15) is 1.43 Å². The topological polar surface area (TPSA) is 24.5 Å². The average Bonchev–Trinajstić information content (AvgIpc) is 2.08. The largest absolute Gasteiger partial charge is 0.378 e. The van der Waals surface area contributed by atoms with Gasteiger partial charge in [0.15, 0.2) is 0 Å². The number of halogens is 1. The number of terminal acetylenes is 1. The maximum Gasteiger partial charge on any atom is 0.0632 e. The van der Waals surface area contributed by atoms with Crippen molar-refractivity contribution in [3.8, 4) is 12.8 Å². The second-order valence-corrected chi connectivity index (χ2v) is 2.99. The Kier molecular flexibility index (Phi) is 12.3. The van der Waals surface area contributed by atoms with E-state index in [1.54, 1.807) is 0 Å². The Morgan fingerprint density at radius 3 is 2.54 bits per heavy atom. The van der Waals surface area contributed by atoms with Crippen molar-refractivity contribution in [1.82, 2.24) is 10.2 Å². The summed E-state index contributed by atoms with van der Waals surface area (Å²) in [5.41, 5.74) is 0. The van der Waals surface area contributed by atoms with Crippen LogP contribution in [0.5, 0.6) is 0 Å². The molecule has 1 heterocycles. The van der Waals surface area contributed by atoms with E-state index in [1.165, 1.54) is 0 Å². The highest BCUT2D eigenvalue weighted by Gasteiger charge is 2.12. The molecule has 1 N–H and O–H groups in total. The number of hydrogen-bond acceptors (Lipinski definition) is 3. The molecule has 3 nitrogen and oxygen atoms in total. The molecule has 0 unspecified atom stereocenters. The normalized spacial score (nSPS) is 21.2. The van der Waals surface area contributed by atoms with Crippen LogP contribution in [0.15, 0.2) is 0 Å². The molecule has 1 aliphatic heterocycles. The summed E-state index contributed by atoms with van der Waals surface area (Å²) in [4.78, 5) is 2.17. The fraction of sp³-hybridized carbons (Fsp3) is 0.778. The maximum atomic E-state index is 5.29. The zero-order chi connectivity index (χ0) is 9.40. The predicted molar refractivity (Wildman–Crippen MR) is 68.6 cm³/mol. The number of ether oxygens (including phenoxy) is 1. The molecule has 0 radical (unpaired) electrons. The van der Waals surface area contributed by atoms with Gasteiger partial charge in [0.25, 0.3) is 0 Å². The van der Waals surface area contributed by atoms with Crippen LogP contribution in [0, 0.1) is 12.8 Å². The van der Waals surface area contributed by atoms with Crippen molar-refractivity contribution in [1.29, 1.82) is 0 Å². The molecule has 0 amide bonds. The van der Waals surface area contributed by atoms with Crippen LogP contribution in [0.2, 0.25) is 0 Å². The van der Waals surface area contributed by atoms with Crippen LogP contribution in [-0.4, -0.2) is 51.3 Å². The third kappa shape index (κ3) is 8.50. The Bertz CT molecular complexity index is 127. The summed E-state index contributed by atoms with van der Waals surface area (Å²) >= 11 is 0. The van der Waals surface area contributed by atoms with E-state index >= 15 is 0 Å². The molecular formula is C9H21IN2O. The quantitative estimate of drug-likeness (QED) is 0.599. The van der Waals surface area contributed by atoms with E-state index in [0.717, 1.165) is 26.3 Å². The number of nitrogens with one attached hydrogen (secondary N) is 1. The summed E-state index contributed by atoms with van der Waals surface area (Å²) in [5, 5.41) is 3.38. The van der Waals surface area contributed by atoms with Gasteiger partial charge in [-0.15, -0.1) is 36.8 Å². The van der Waals surface area contributed by atoms with Gasteiger partial charge in [-0.2, -0.15) is 0 Å². The van der Waals surface area contributed by atoms with E-state index < -0.39 is 0 Å². The first-order valence-corrected chi connectivity index (χ1v) is 4.08. The molecule has 4 heteroatoms. The third-order valence-electron chi connectivity index (χ3n) is 1.58. The molecule has 1 rings (SSSR count). The zero-order valence-corrected chi connectivity index (χ0v) is 10.7. The van der Waals surface area contributed by atoms with Gasteiger partial charge < -0.3 is 15.0 Å². The van der Waals surface area contributed by atoms with Crippen LogP contribution in [0.3, 0.4) is 0 Å². The Balaban J connectivity index is -0.000000284. The molecule has 80 valence electrons. The lowest BCUT2D eigenvalue weighted by atomic mass is 10.3. The summed E-state index contributed by atoms with van der Waals surface area (Å²) in [6, 6.07) is 0.531. The Morgan fingerprint density at radius 1 is 1.54 bits per heavy atom. The summed E-state index contributed by atoms with van der Waals surface area (Å²) in [5.74, 6) is 0. The Hall–Kier alpha value is 0.170. The van der Waals surface area contributed by atoms with Gasteiger partial charge in [0, 0.05) is 20.6 Å². The number of morpholine rings is 1. The molecule has 0 bridgehead atoms. The Labute approximate surface area is 99.7 Å². The second-order valence-electron chi connectivity index (χ2n) is 2.99. The fourth-order valence-electron chi connectivity index (χ4n) is 1.18. The summed E-state index contributed by atoms with van der Waals surface area (Å²) in [7, 11) is 4.16. The molecule has 0 spiro atoms. The molecule has 0 saturated carbocycles. The molecule has 1 fully saturated rings. The summed E-state index contributed by atoms with van der Waals surface area (Å²) < 4.78 is 5.29. The fourth-order valence-corrected chi connectivity index (χ4v) is 1.18. The minimum atomic E-state index is 0. The first kappa shape index (κ1) is 15.6. The first-order chi connectivity index (χ1) is 5.79. The van der Waals surface area contributed by atoms with E-state index in [2.05, 4.69) is 37.2 Å². The lowest BCUT2D eigenvalue weighted by Crippen LogP contribution is -2.46. The van der Waals surface area contributed by atoms with E-state index in [9.17, 15) is 0 Å². The van der Waals surface area contributed by atoms with Crippen molar-refractivity contribution in [3.63, 3.8) is 0 Å². The monoisotopic (exact) mass is 300 g/mol. The van der Waals surface area contributed by atoms with E-state index in [4.69, 9.17) is 4.74 Å². The van der Waals surface area contributed by atoms with Crippen LogP contribution in [-0.2, 0) is 4.74 Å². The number of hydrogen-bond donors (Lipinski definition) is 1. The molecule has 0 aromatic rings. The van der Waals surface area contributed by atoms with Crippen molar-refractivity contribution >= 4 is 24.0 Å². The zero-order valence-electron chi connectivity index (χ0n) is 8.32. The maximum absolute atomic E-state index is 5.29. The molecule has 1 aliphatic rings. The van der Waals surface area contributed by atoms with Crippen molar-refractivity contribution < 1.29 is 6.16 Å². The number of nitrogens with zero attached hydrogens (tertiary/aromatic N) is 1. The van der Waals surface area contributed by atoms with Crippen LogP contribution < -0.4 is 5.32 Å². The highest BCUT2D eigenvalue weighted by molar-refractivity contribution is 14.0. The standard InChI is InChI=1S/C7H16N2O.C2H2.HI.H2/c1-9(2)5-7-6-10-4-3-8-7;1-2;;/h7-8H,3-6H2,1-2H3;1-2H;2*1H/t7-;;;/m0.../s1. The van der Waals surface area contributed by atoms with Gasteiger partial charge in [-0.1, -0.05) is 0 Å². The summed E-state index contributed by atoms with van der Waals surface area (Å²) in [6.45, 7) is 3.79. The van der Waals surface area contributed by atoms with Crippen molar-refractivity contribution in [2.24, 2.45) is 0 Å². The van der Waals surface area contributed by atoms with Gasteiger partial charge in [0.1, 0.15) is 0 Å². The van der Waals surface area contributed by atoms with Gasteiger partial charge in [-0.25, -0.2) is 0 Å². The van der Waals surface area contributed by atoms with Gasteiger partial charge in [0.05, 0.1) is 13.2 Å². The van der Waals surface area contributed by atoms with Gasteiger partial charge >= 0.3 is 0 Å². The minimum Gasteiger partial charge on any atom is -0.378 e. The van der Waals surface area contributed by atoms with Gasteiger partial charge in [-0.3, -0.25) is 0 Å². The molecule has 13 heavy (non-hydrogen) atoms. The molecule has 1 saturated heterocycles. The van der Waals surface area contributed by atoms with Crippen LogP contribution >= 0.6 is 24.0 Å². The highest BCUT2D eigenvalue weighted by atomic mass is 127. The molecule has 0 aromatic heterocycles. The van der Waals surface area contributed by atoms with E-state index in [-0.39, 0.29) is 25.4 Å². The lowest BCUT2D eigenvalue weighted by Gasteiger charge is -2.26. The van der Waals surface area contributed by atoms with Crippen molar-refractivity contribution in [2.75, 3.05) is 40.4 Å². The molecular weight excluding hydrogens is 279 g/mol. The van der Waals surface area contributed by atoms with Crippen LogP contribution in [0.4, 0.5) is 0 Å². The predicted octanol–water partition coefficient (Wildman–Crippen LogP) is 0.650.